The van der Waals surface area contributed by atoms with E-state index in [1.54, 1.807) is 25.1 Å². The molecular weight excluding hydrogens is 305 g/mol. The molecule has 0 aromatic heterocycles. The van der Waals surface area contributed by atoms with Crippen molar-refractivity contribution in [1.82, 2.24) is 0 Å². The number of halogens is 1. The summed E-state index contributed by atoms with van der Waals surface area (Å²) in [5.74, 6) is -0.662. The first-order valence-corrected chi connectivity index (χ1v) is 8.53. The van der Waals surface area contributed by atoms with Crippen molar-refractivity contribution in [3.63, 3.8) is 0 Å². The molecule has 6 heteroatoms. The Balaban J connectivity index is 2.13. The van der Waals surface area contributed by atoms with Gasteiger partial charge >= 0.3 is 0 Å². The Labute approximate surface area is 130 Å². The number of hydrogen-bond donors (Lipinski definition) is 1. The first kappa shape index (κ1) is 16.3. The van der Waals surface area contributed by atoms with Crippen molar-refractivity contribution >= 4 is 15.7 Å². The van der Waals surface area contributed by atoms with Crippen molar-refractivity contribution in [3.8, 4) is 5.75 Å². The van der Waals surface area contributed by atoms with Gasteiger partial charge in [0.1, 0.15) is 0 Å². The summed E-state index contributed by atoms with van der Waals surface area (Å²) in [5.41, 5.74) is 1.84. The summed E-state index contributed by atoms with van der Waals surface area (Å²) in [7, 11) is -3.60. The molecule has 0 saturated heterocycles. The third-order valence-electron chi connectivity index (χ3n) is 2.94. The van der Waals surface area contributed by atoms with Gasteiger partial charge in [-0.1, -0.05) is 29.8 Å². The molecule has 2 aromatic carbocycles. The van der Waals surface area contributed by atoms with Gasteiger partial charge in [0.15, 0.2) is 11.6 Å². The van der Waals surface area contributed by atoms with Crippen molar-refractivity contribution in [3.05, 3.63) is 59.4 Å². The summed E-state index contributed by atoms with van der Waals surface area (Å²) >= 11 is 0. The number of anilines is 1. The van der Waals surface area contributed by atoms with E-state index >= 15 is 0 Å². The quantitative estimate of drug-likeness (QED) is 0.885. The van der Waals surface area contributed by atoms with Crippen LogP contribution in [0.25, 0.3) is 0 Å². The largest absolute Gasteiger partial charge is 0.491 e. The molecule has 0 radical (unpaired) electrons. The van der Waals surface area contributed by atoms with E-state index in [1.165, 1.54) is 12.1 Å². The normalized spacial score (nSPS) is 11.2. The first-order chi connectivity index (χ1) is 10.4. The van der Waals surface area contributed by atoms with Crippen molar-refractivity contribution < 1.29 is 17.5 Å². The molecule has 2 rings (SSSR count). The van der Waals surface area contributed by atoms with E-state index in [-0.39, 0.29) is 17.2 Å². The number of ether oxygens (including phenoxy) is 1. The van der Waals surface area contributed by atoms with E-state index in [9.17, 15) is 12.8 Å². The van der Waals surface area contributed by atoms with Gasteiger partial charge in [-0.15, -0.1) is 0 Å². The number of nitrogens with one attached hydrogen (secondary N) is 1. The first-order valence-electron chi connectivity index (χ1n) is 6.88. The van der Waals surface area contributed by atoms with Crippen molar-refractivity contribution in [2.75, 3.05) is 11.3 Å². The predicted molar refractivity (Wildman–Crippen MR) is 85.0 cm³/mol. The molecule has 0 saturated carbocycles. The standard InChI is InChI=1S/C16H18FNO3S/c1-3-21-16-8-7-14(10-15(16)17)18-22(19,20)11-13-6-4-5-12(2)9-13/h4-10,18H,3,11H2,1-2H3. The Hall–Kier alpha value is -2.08. The van der Waals surface area contributed by atoms with Crippen LogP contribution in [-0.2, 0) is 15.8 Å². The van der Waals surface area contributed by atoms with Gasteiger partial charge in [0.2, 0.25) is 10.0 Å². The van der Waals surface area contributed by atoms with Crippen LogP contribution in [0.2, 0.25) is 0 Å². The summed E-state index contributed by atoms with van der Waals surface area (Å²) in [5, 5.41) is 0. The molecule has 0 atom stereocenters. The third-order valence-corrected chi connectivity index (χ3v) is 4.20. The van der Waals surface area contributed by atoms with Crippen LogP contribution in [0.1, 0.15) is 18.1 Å². The molecule has 0 heterocycles. The van der Waals surface area contributed by atoms with Crippen LogP contribution in [0.4, 0.5) is 10.1 Å². The van der Waals surface area contributed by atoms with Crippen LogP contribution >= 0.6 is 0 Å². The highest BCUT2D eigenvalue weighted by Crippen LogP contribution is 2.22. The van der Waals surface area contributed by atoms with Gasteiger partial charge in [-0.05, 0) is 31.5 Å². The highest BCUT2D eigenvalue weighted by Gasteiger charge is 2.13. The van der Waals surface area contributed by atoms with E-state index in [2.05, 4.69) is 4.72 Å². The van der Waals surface area contributed by atoms with Crippen LogP contribution in [0.5, 0.6) is 5.75 Å². The lowest BCUT2D eigenvalue weighted by atomic mass is 10.2. The fraction of sp³-hybridized carbons (Fsp3) is 0.250. The topological polar surface area (TPSA) is 55.4 Å². The number of sulfonamides is 1. The van der Waals surface area contributed by atoms with Gasteiger partial charge in [0, 0.05) is 6.07 Å². The monoisotopic (exact) mass is 323 g/mol. The van der Waals surface area contributed by atoms with E-state index in [0.717, 1.165) is 11.6 Å². The van der Waals surface area contributed by atoms with E-state index in [4.69, 9.17) is 4.74 Å². The van der Waals surface area contributed by atoms with E-state index in [0.29, 0.717) is 12.2 Å². The zero-order valence-corrected chi connectivity index (χ0v) is 13.3. The maximum absolute atomic E-state index is 13.7. The maximum Gasteiger partial charge on any atom is 0.236 e. The second-order valence-corrected chi connectivity index (χ2v) is 6.65. The Morgan fingerprint density at radius 1 is 1.18 bits per heavy atom. The molecular formula is C16H18FNO3S. The van der Waals surface area contributed by atoms with Crippen molar-refractivity contribution in [2.24, 2.45) is 0 Å². The highest BCUT2D eigenvalue weighted by atomic mass is 32.2. The van der Waals surface area contributed by atoms with Gasteiger partial charge in [-0.3, -0.25) is 4.72 Å². The lowest BCUT2D eigenvalue weighted by Gasteiger charge is -2.10. The van der Waals surface area contributed by atoms with Crippen LogP contribution in [0, 0.1) is 12.7 Å². The number of benzene rings is 2. The summed E-state index contributed by atoms with van der Waals surface area (Å²) in [4.78, 5) is 0. The predicted octanol–water partition coefficient (Wildman–Crippen LogP) is 3.47. The van der Waals surface area contributed by atoms with Crippen LogP contribution in [0.3, 0.4) is 0 Å². The molecule has 22 heavy (non-hydrogen) atoms. The molecule has 2 aromatic rings. The van der Waals surface area contributed by atoms with Gasteiger partial charge < -0.3 is 4.74 Å². The summed E-state index contributed by atoms with van der Waals surface area (Å²) in [6.45, 7) is 3.98. The smallest absolute Gasteiger partial charge is 0.236 e. The van der Waals surface area contributed by atoms with E-state index < -0.39 is 15.8 Å². The van der Waals surface area contributed by atoms with Gasteiger partial charge in [0.25, 0.3) is 0 Å². The lowest BCUT2D eigenvalue weighted by Crippen LogP contribution is -2.15. The molecule has 118 valence electrons. The van der Waals surface area contributed by atoms with Crippen molar-refractivity contribution in [1.29, 1.82) is 0 Å². The Morgan fingerprint density at radius 3 is 2.59 bits per heavy atom. The molecule has 0 aliphatic carbocycles. The fourth-order valence-electron chi connectivity index (χ4n) is 2.07. The molecule has 4 nitrogen and oxygen atoms in total. The summed E-state index contributed by atoms with van der Waals surface area (Å²) < 4.78 is 45.5. The van der Waals surface area contributed by atoms with E-state index in [1.807, 2.05) is 13.0 Å². The maximum atomic E-state index is 13.7. The lowest BCUT2D eigenvalue weighted by molar-refractivity contribution is 0.321. The average Bonchev–Trinajstić information content (AvgIpc) is 2.41. The van der Waals surface area contributed by atoms with Gasteiger partial charge in [0.05, 0.1) is 18.0 Å². The summed E-state index contributed by atoms with van der Waals surface area (Å²) in [6.07, 6.45) is 0. The molecule has 0 aliphatic rings. The SMILES string of the molecule is CCOc1ccc(NS(=O)(=O)Cc2cccc(C)c2)cc1F. The molecule has 1 N–H and O–H groups in total. The number of hydrogen-bond acceptors (Lipinski definition) is 3. The zero-order valence-electron chi connectivity index (χ0n) is 12.5. The van der Waals surface area contributed by atoms with Crippen LogP contribution in [-0.4, -0.2) is 15.0 Å². The third kappa shape index (κ3) is 4.46. The number of rotatable bonds is 6. The minimum atomic E-state index is -3.60. The second kappa shape index (κ2) is 6.79. The van der Waals surface area contributed by atoms with Gasteiger partial charge in [-0.25, -0.2) is 12.8 Å². The molecule has 0 fully saturated rings. The molecule has 0 amide bonds. The Morgan fingerprint density at radius 2 is 1.95 bits per heavy atom. The molecule has 0 aliphatic heterocycles. The fourth-order valence-corrected chi connectivity index (χ4v) is 3.25. The summed E-state index contributed by atoms with van der Waals surface area (Å²) in [6, 6.07) is 11.2. The second-order valence-electron chi connectivity index (χ2n) is 4.93. The molecule has 0 spiro atoms. The molecule has 0 unspecified atom stereocenters. The van der Waals surface area contributed by atoms with Gasteiger partial charge in [-0.2, -0.15) is 0 Å². The highest BCUT2D eigenvalue weighted by molar-refractivity contribution is 7.91. The Kier molecular flexibility index (Phi) is 5.03. The zero-order chi connectivity index (χ0) is 16.2. The van der Waals surface area contributed by atoms with Crippen LogP contribution < -0.4 is 9.46 Å². The average molecular weight is 323 g/mol. The minimum absolute atomic E-state index is 0.101. The van der Waals surface area contributed by atoms with Crippen LogP contribution in [0.15, 0.2) is 42.5 Å². The Bertz CT molecular complexity index is 760. The molecule has 0 bridgehead atoms. The number of aryl methyl sites for hydroxylation is 1. The van der Waals surface area contributed by atoms with Crippen molar-refractivity contribution in [2.45, 2.75) is 19.6 Å². The minimum Gasteiger partial charge on any atom is -0.491 e.